The van der Waals surface area contributed by atoms with Gasteiger partial charge >= 0.3 is 6.09 Å². The van der Waals surface area contributed by atoms with Crippen molar-refractivity contribution >= 4 is 17.9 Å². The number of imide groups is 1. The molecule has 3 amide bonds. The van der Waals surface area contributed by atoms with Crippen molar-refractivity contribution in [3.05, 3.63) is 167 Å². The van der Waals surface area contributed by atoms with E-state index >= 15 is 0 Å². The van der Waals surface area contributed by atoms with Gasteiger partial charge in [-0.05, 0) is 51.1 Å². The lowest BCUT2D eigenvalue weighted by atomic mass is 9.89. The first-order valence-electron chi connectivity index (χ1n) is 20.8. The summed E-state index contributed by atoms with van der Waals surface area (Å²) in [6, 6.07) is 42.8. The molecule has 0 bridgehead atoms. The van der Waals surface area contributed by atoms with Gasteiger partial charge in [-0.15, -0.1) is 0 Å². The second-order valence-corrected chi connectivity index (χ2v) is 16.0. The van der Waals surface area contributed by atoms with Gasteiger partial charge in [0.15, 0.2) is 6.29 Å². The standard InChI is InChI=1S/C49H52N4O7/c1-34-44(31-52-24-22-51(23-25-52)29-35-10-4-2-5-11-35)59-48(60-46(34)39-20-18-36(32-54)19-21-39)42-17-9-16-41(27-42)40-15-8-14-38(26-40)30-53-45(55)28-43(47(53)56)50-49(57)58-33-37-12-6-3-7-13-37/h2-21,26-27,34,43-44,46,48,54H,22-25,28-33H2,1H3,(H,50,57)/t34-,43?,44+,46+,48+/m1/s1. The van der Waals surface area contributed by atoms with Crippen LogP contribution in [0.1, 0.15) is 59.1 Å². The zero-order chi connectivity index (χ0) is 41.4. The van der Waals surface area contributed by atoms with Crippen molar-refractivity contribution in [2.45, 2.75) is 64.2 Å². The average Bonchev–Trinajstić information content (AvgIpc) is 3.54. The summed E-state index contributed by atoms with van der Waals surface area (Å²) in [6.45, 7) is 7.95. The summed E-state index contributed by atoms with van der Waals surface area (Å²) < 4.78 is 19.0. The molecule has 11 heteroatoms. The Balaban J connectivity index is 0.941. The Morgan fingerprint density at radius 2 is 1.35 bits per heavy atom. The maximum Gasteiger partial charge on any atom is 0.408 e. The highest BCUT2D eigenvalue weighted by atomic mass is 16.7. The molecule has 3 saturated heterocycles. The zero-order valence-corrected chi connectivity index (χ0v) is 33.9. The van der Waals surface area contributed by atoms with E-state index in [9.17, 15) is 19.5 Å². The van der Waals surface area contributed by atoms with Crippen LogP contribution in [0.3, 0.4) is 0 Å². The van der Waals surface area contributed by atoms with Gasteiger partial charge in [-0.2, -0.15) is 0 Å². The molecule has 0 aromatic heterocycles. The quantitative estimate of drug-likeness (QED) is 0.121. The lowest BCUT2D eigenvalue weighted by Crippen LogP contribution is -2.51. The lowest BCUT2D eigenvalue weighted by Gasteiger charge is -2.44. The van der Waals surface area contributed by atoms with Gasteiger partial charge in [-0.1, -0.05) is 128 Å². The number of amides is 3. The average molecular weight is 809 g/mol. The Kier molecular flexibility index (Phi) is 13.1. The highest BCUT2D eigenvalue weighted by Crippen LogP contribution is 2.42. The molecule has 5 aromatic carbocycles. The van der Waals surface area contributed by atoms with E-state index in [0.717, 1.165) is 78.2 Å². The maximum atomic E-state index is 13.3. The van der Waals surface area contributed by atoms with Crippen molar-refractivity contribution in [2.24, 2.45) is 5.92 Å². The molecule has 0 radical (unpaired) electrons. The number of likely N-dealkylation sites (tertiary alicyclic amines) is 1. The third-order valence-electron chi connectivity index (χ3n) is 11.8. The van der Waals surface area contributed by atoms with Gasteiger partial charge in [-0.3, -0.25) is 24.3 Å². The number of nitrogens with zero attached hydrogens (tertiary/aromatic N) is 3. The molecule has 0 saturated carbocycles. The lowest BCUT2D eigenvalue weighted by molar-refractivity contribution is -0.276. The largest absolute Gasteiger partial charge is 0.445 e. The van der Waals surface area contributed by atoms with Crippen molar-refractivity contribution in [1.29, 1.82) is 0 Å². The van der Waals surface area contributed by atoms with Gasteiger partial charge < -0.3 is 24.6 Å². The van der Waals surface area contributed by atoms with E-state index in [0.29, 0.717) is 0 Å². The minimum Gasteiger partial charge on any atom is -0.445 e. The van der Waals surface area contributed by atoms with Crippen LogP contribution in [-0.2, 0) is 50.1 Å². The van der Waals surface area contributed by atoms with Crippen LogP contribution in [0, 0.1) is 5.92 Å². The Labute approximate surface area is 351 Å². The van der Waals surface area contributed by atoms with E-state index in [1.54, 1.807) is 0 Å². The first kappa shape index (κ1) is 41.1. The fourth-order valence-corrected chi connectivity index (χ4v) is 8.32. The minimum atomic E-state index is -0.983. The molecule has 3 heterocycles. The molecule has 310 valence electrons. The van der Waals surface area contributed by atoms with Crippen LogP contribution < -0.4 is 5.32 Å². The third-order valence-corrected chi connectivity index (χ3v) is 11.8. The number of carbonyl (C=O) groups is 3. The molecular weight excluding hydrogens is 757 g/mol. The highest BCUT2D eigenvalue weighted by molar-refractivity contribution is 6.06. The Morgan fingerprint density at radius 1 is 0.700 bits per heavy atom. The number of benzene rings is 5. The van der Waals surface area contributed by atoms with Crippen LogP contribution in [0.2, 0.25) is 0 Å². The number of nitrogens with one attached hydrogen (secondary N) is 1. The predicted molar refractivity (Wildman–Crippen MR) is 227 cm³/mol. The van der Waals surface area contributed by atoms with Gasteiger partial charge in [-0.25, -0.2) is 4.79 Å². The molecule has 8 rings (SSSR count). The number of alkyl carbamates (subject to hydrolysis) is 1. The molecule has 2 N–H and O–H groups in total. The smallest absolute Gasteiger partial charge is 0.408 e. The second-order valence-electron chi connectivity index (χ2n) is 16.0. The topological polar surface area (TPSA) is 121 Å². The third kappa shape index (κ3) is 10.0. The predicted octanol–water partition coefficient (Wildman–Crippen LogP) is 7.01. The first-order chi connectivity index (χ1) is 29.3. The summed E-state index contributed by atoms with van der Waals surface area (Å²) in [6.07, 6.45) is -1.83. The monoisotopic (exact) mass is 808 g/mol. The normalized spacial score (nSPS) is 22.5. The minimum absolute atomic E-state index is 0.0195. The summed E-state index contributed by atoms with van der Waals surface area (Å²) in [7, 11) is 0. The number of carbonyl (C=O) groups excluding carboxylic acids is 3. The number of aliphatic hydroxyl groups is 1. The Morgan fingerprint density at radius 3 is 2.07 bits per heavy atom. The van der Waals surface area contributed by atoms with Gasteiger partial charge in [0.2, 0.25) is 5.91 Å². The van der Waals surface area contributed by atoms with Crippen LogP contribution >= 0.6 is 0 Å². The maximum absolute atomic E-state index is 13.3. The number of hydrogen-bond acceptors (Lipinski definition) is 9. The van der Waals surface area contributed by atoms with E-state index in [2.05, 4.69) is 58.4 Å². The van der Waals surface area contributed by atoms with Gasteiger partial charge in [0, 0.05) is 50.7 Å². The van der Waals surface area contributed by atoms with E-state index in [1.165, 1.54) is 10.5 Å². The van der Waals surface area contributed by atoms with Gasteiger partial charge in [0.05, 0.1) is 31.8 Å². The van der Waals surface area contributed by atoms with Gasteiger partial charge in [0.25, 0.3) is 5.91 Å². The van der Waals surface area contributed by atoms with Crippen molar-refractivity contribution in [3.8, 4) is 11.1 Å². The van der Waals surface area contributed by atoms with Crippen LogP contribution in [0.5, 0.6) is 0 Å². The molecular formula is C49H52N4O7. The zero-order valence-electron chi connectivity index (χ0n) is 33.9. The van der Waals surface area contributed by atoms with E-state index < -0.39 is 24.3 Å². The first-order valence-corrected chi connectivity index (χ1v) is 20.8. The fraction of sp³-hybridized carbons (Fsp3) is 0.327. The van der Waals surface area contributed by atoms with Crippen LogP contribution in [-0.4, -0.2) is 82.6 Å². The molecule has 3 aliphatic rings. The molecule has 0 aliphatic carbocycles. The summed E-state index contributed by atoms with van der Waals surface area (Å²) in [5.41, 5.74) is 7.56. The molecule has 0 spiro atoms. The highest BCUT2D eigenvalue weighted by Gasteiger charge is 2.41. The molecule has 3 aliphatic heterocycles. The van der Waals surface area contributed by atoms with Crippen molar-refractivity contribution in [2.75, 3.05) is 32.7 Å². The van der Waals surface area contributed by atoms with Crippen molar-refractivity contribution in [3.63, 3.8) is 0 Å². The van der Waals surface area contributed by atoms with Crippen molar-refractivity contribution < 1.29 is 33.7 Å². The number of rotatable bonds is 13. The number of piperazine rings is 1. The summed E-state index contributed by atoms with van der Waals surface area (Å²) in [5, 5.41) is 12.3. The molecule has 60 heavy (non-hydrogen) atoms. The summed E-state index contributed by atoms with van der Waals surface area (Å²) in [5.74, 6) is -0.756. The number of hydrogen-bond donors (Lipinski definition) is 2. The van der Waals surface area contributed by atoms with Crippen LogP contribution in [0.15, 0.2) is 133 Å². The van der Waals surface area contributed by atoms with E-state index in [1.807, 2.05) is 97.1 Å². The van der Waals surface area contributed by atoms with E-state index in [4.69, 9.17) is 14.2 Å². The number of ether oxygens (including phenoxy) is 3. The summed E-state index contributed by atoms with van der Waals surface area (Å²) >= 11 is 0. The Bertz CT molecular complexity index is 2230. The molecule has 1 unspecified atom stereocenters. The van der Waals surface area contributed by atoms with Crippen LogP contribution in [0.4, 0.5) is 4.79 Å². The summed E-state index contributed by atoms with van der Waals surface area (Å²) in [4.78, 5) is 45.0. The molecule has 3 fully saturated rings. The van der Waals surface area contributed by atoms with Crippen LogP contribution in [0.25, 0.3) is 11.1 Å². The fourth-order valence-electron chi connectivity index (χ4n) is 8.32. The number of aliphatic hydroxyl groups excluding tert-OH is 1. The second kappa shape index (κ2) is 19.1. The molecule has 11 nitrogen and oxygen atoms in total. The SMILES string of the molecule is C[C@@H]1[C@H](CN2CCN(Cc3ccccc3)CC2)O[C@H](c2cccc(-c3cccc(CN4C(=O)CC(NC(=O)OCc5ccccc5)C4=O)c3)c2)O[C@@H]1c1ccc(CO)cc1. The van der Waals surface area contributed by atoms with Crippen molar-refractivity contribution in [1.82, 2.24) is 20.0 Å². The van der Waals surface area contributed by atoms with Gasteiger partial charge in [0.1, 0.15) is 12.6 Å². The molecule has 5 atom stereocenters. The Hall–Kier alpha value is -5.69. The van der Waals surface area contributed by atoms with E-state index in [-0.39, 0.29) is 50.2 Å². The molecule has 5 aromatic rings.